The number of carbonyl (C=O) groups excluding carboxylic acids is 1. The predicted octanol–water partition coefficient (Wildman–Crippen LogP) is 2.60. The Hall–Kier alpha value is -1.30. The molecule has 3 rings (SSSR count). The average Bonchev–Trinajstić information content (AvgIpc) is 2.59. The van der Waals surface area contributed by atoms with Gasteiger partial charge in [-0.05, 0) is 43.9 Å². The van der Waals surface area contributed by atoms with Crippen molar-refractivity contribution in [1.82, 2.24) is 4.90 Å². The van der Waals surface area contributed by atoms with E-state index in [1.165, 1.54) is 5.56 Å². The van der Waals surface area contributed by atoms with Crippen LogP contribution in [0.5, 0.6) is 5.75 Å². The number of rotatable bonds is 3. The largest absolute Gasteiger partial charge is 0.490 e. The van der Waals surface area contributed by atoms with E-state index in [0.29, 0.717) is 39.1 Å². The predicted molar refractivity (Wildman–Crippen MR) is 100 cm³/mol. The van der Waals surface area contributed by atoms with Crippen LogP contribution in [0, 0.1) is 13.8 Å². The van der Waals surface area contributed by atoms with Gasteiger partial charge in [0.2, 0.25) is 5.91 Å². The van der Waals surface area contributed by atoms with Gasteiger partial charge in [0.05, 0.1) is 5.54 Å². The zero-order valence-corrected chi connectivity index (χ0v) is 15.9. The first kappa shape index (κ1) is 20.0. The molecule has 1 amide bonds. The lowest BCUT2D eigenvalue weighted by Crippen LogP contribution is -2.59. The van der Waals surface area contributed by atoms with E-state index in [2.05, 4.69) is 32.0 Å². The Kier molecular flexibility index (Phi) is 6.72. The minimum Gasteiger partial charge on any atom is -0.490 e. The summed E-state index contributed by atoms with van der Waals surface area (Å²) in [6, 6.07) is 6.27. The molecule has 0 aromatic heterocycles. The SMILES string of the molecule is Cc1ccc(C)c(OC2CCN(C(=O)C3(N)CCOCC3)CC2)c1.Cl. The third-order valence-corrected chi connectivity index (χ3v) is 5.18. The van der Waals surface area contributed by atoms with Gasteiger partial charge in [-0.3, -0.25) is 4.79 Å². The first-order valence-electron chi connectivity index (χ1n) is 8.88. The summed E-state index contributed by atoms with van der Waals surface area (Å²) in [5.74, 6) is 1.04. The number of hydrogen-bond acceptors (Lipinski definition) is 4. The van der Waals surface area contributed by atoms with Crippen molar-refractivity contribution in [3.63, 3.8) is 0 Å². The quantitative estimate of drug-likeness (QED) is 0.890. The lowest BCUT2D eigenvalue weighted by atomic mass is 9.89. The molecule has 1 aromatic rings. The molecule has 5 nitrogen and oxygen atoms in total. The molecule has 140 valence electrons. The molecular formula is C19H29ClN2O3. The molecule has 2 aliphatic heterocycles. The van der Waals surface area contributed by atoms with Crippen LogP contribution in [-0.2, 0) is 9.53 Å². The fraction of sp³-hybridized carbons (Fsp3) is 0.632. The monoisotopic (exact) mass is 368 g/mol. The number of amides is 1. The average molecular weight is 369 g/mol. The van der Waals surface area contributed by atoms with Crippen LogP contribution in [0.15, 0.2) is 18.2 Å². The van der Waals surface area contributed by atoms with E-state index in [1.54, 1.807) is 0 Å². The summed E-state index contributed by atoms with van der Waals surface area (Å²) in [7, 11) is 0. The van der Waals surface area contributed by atoms with E-state index in [0.717, 1.165) is 24.2 Å². The normalized spacial score (nSPS) is 20.7. The van der Waals surface area contributed by atoms with E-state index in [-0.39, 0.29) is 24.4 Å². The van der Waals surface area contributed by atoms with Crippen LogP contribution < -0.4 is 10.5 Å². The molecule has 2 aliphatic rings. The summed E-state index contributed by atoms with van der Waals surface area (Å²) in [6.45, 7) is 6.73. The van der Waals surface area contributed by atoms with Crippen molar-refractivity contribution in [2.75, 3.05) is 26.3 Å². The van der Waals surface area contributed by atoms with E-state index in [9.17, 15) is 4.79 Å². The van der Waals surface area contributed by atoms with E-state index >= 15 is 0 Å². The topological polar surface area (TPSA) is 64.8 Å². The minimum absolute atomic E-state index is 0. The Morgan fingerprint density at radius 3 is 2.52 bits per heavy atom. The molecule has 2 fully saturated rings. The van der Waals surface area contributed by atoms with Gasteiger partial charge in [0, 0.05) is 39.1 Å². The first-order valence-corrected chi connectivity index (χ1v) is 8.88. The fourth-order valence-electron chi connectivity index (χ4n) is 3.45. The number of carbonyl (C=O) groups is 1. The van der Waals surface area contributed by atoms with E-state index in [1.807, 2.05) is 4.90 Å². The number of likely N-dealkylation sites (tertiary alicyclic amines) is 1. The van der Waals surface area contributed by atoms with E-state index < -0.39 is 5.54 Å². The minimum atomic E-state index is -0.737. The number of nitrogens with two attached hydrogens (primary N) is 1. The third-order valence-electron chi connectivity index (χ3n) is 5.18. The van der Waals surface area contributed by atoms with Gasteiger partial charge >= 0.3 is 0 Å². The molecule has 0 saturated carbocycles. The van der Waals surface area contributed by atoms with Gasteiger partial charge in [-0.25, -0.2) is 0 Å². The Bertz CT molecular complexity index is 594. The van der Waals surface area contributed by atoms with Gasteiger partial charge in [-0.15, -0.1) is 12.4 Å². The number of nitrogens with zero attached hydrogens (tertiary/aromatic N) is 1. The molecule has 0 radical (unpaired) electrons. The zero-order chi connectivity index (χ0) is 17.2. The van der Waals surface area contributed by atoms with Crippen LogP contribution in [0.2, 0.25) is 0 Å². The lowest BCUT2D eigenvalue weighted by molar-refractivity contribution is -0.142. The highest BCUT2D eigenvalue weighted by Gasteiger charge is 2.40. The number of hydrogen-bond donors (Lipinski definition) is 1. The Morgan fingerprint density at radius 2 is 1.88 bits per heavy atom. The number of aryl methyl sites for hydroxylation is 2. The molecule has 0 bridgehead atoms. The van der Waals surface area contributed by atoms with Crippen molar-refractivity contribution < 1.29 is 14.3 Å². The van der Waals surface area contributed by atoms with Crippen LogP contribution in [0.4, 0.5) is 0 Å². The van der Waals surface area contributed by atoms with Crippen molar-refractivity contribution in [2.45, 2.75) is 51.2 Å². The smallest absolute Gasteiger partial charge is 0.242 e. The highest BCUT2D eigenvalue weighted by atomic mass is 35.5. The lowest BCUT2D eigenvalue weighted by Gasteiger charge is -2.39. The van der Waals surface area contributed by atoms with Crippen molar-refractivity contribution >= 4 is 18.3 Å². The molecule has 2 saturated heterocycles. The third kappa shape index (κ3) is 4.66. The molecule has 2 heterocycles. The second kappa shape index (κ2) is 8.39. The molecule has 0 aliphatic carbocycles. The maximum absolute atomic E-state index is 12.7. The van der Waals surface area contributed by atoms with Gasteiger partial charge in [-0.1, -0.05) is 12.1 Å². The summed E-state index contributed by atoms with van der Waals surface area (Å²) in [5.41, 5.74) is 7.95. The summed E-state index contributed by atoms with van der Waals surface area (Å²) >= 11 is 0. The van der Waals surface area contributed by atoms with Gasteiger partial charge in [0.15, 0.2) is 0 Å². The highest BCUT2D eigenvalue weighted by molar-refractivity contribution is 5.86. The van der Waals surface area contributed by atoms with Crippen LogP contribution >= 0.6 is 12.4 Å². The Morgan fingerprint density at radius 1 is 1.24 bits per heavy atom. The number of ether oxygens (including phenoxy) is 2. The van der Waals surface area contributed by atoms with Crippen molar-refractivity contribution in [3.05, 3.63) is 29.3 Å². The molecule has 2 N–H and O–H groups in total. The molecule has 6 heteroatoms. The fourth-order valence-corrected chi connectivity index (χ4v) is 3.45. The standard InChI is InChI=1S/C19H28N2O3.ClH/c1-14-3-4-15(2)17(13-14)24-16-5-9-21(10-6-16)18(22)19(20)7-11-23-12-8-19;/h3-4,13,16H,5-12,20H2,1-2H3;1H. The summed E-state index contributed by atoms with van der Waals surface area (Å²) in [6.07, 6.45) is 3.10. The first-order chi connectivity index (χ1) is 11.5. The maximum atomic E-state index is 12.7. The summed E-state index contributed by atoms with van der Waals surface area (Å²) in [5, 5.41) is 0. The summed E-state index contributed by atoms with van der Waals surface area (Å²) in [4.78, 5) is 14.7. The van der Waals surface area contributed by atoms with Gasteiger partial charge in [0.25, 0.3) is 0 Å². The van der Waals surface area contributed by atoms with Crippen LogP contribution in [0.3, 0.4) is 0 Å². The van der Waals surface area contributed by atoms with Crippen LogP contribution in [-0.4, -0.2) is 48.8 Å². The Labute approximate surface area is 156 Å². The second-order valence-electron chi connectivity index (χ2n) is 7.15. The maximum Gasteiger partial charge on any atom is 0.242 e. The Balaban J connectivity index is 0.00000225. The molecule has 0 atom stereocenters. The van der Waals surface area contributed by atoms with E-state index in [4.69, 9.17) is 15.2 Å². The highest BCUT2D eigenvalue weighted by Crippen LogP contribution is 2.26. The number of piperidine rings is 1. The van der Waals surface area contributed by atoms with Crippen LogP contribution in [0.1, 0.15) is 36.8 Å². The molecule has 0 spiro atoms. The second-order valence-corrected chi connectivity index (χ2v) is 7.15. The number of halogens is 1. The molecule has 25 heavy (non-hydrogen) atoms. The van der Waals surface area contributed by atoms with Gasteiger partial charge < -0.3 is 20.1 Å². The molecular weight excluding hydrogens is 340 g/mol. The van der Waals surface area contributed by atoms with Crippen molar-refractivity contribution in [2.24, 2.45) is 5.73 Å². The molecule has 0 unspecified atom stereocenters. The number of benzene rings is 1. The van der Waals surface area contributed by atoms with Gasteiger partial charge in [0.1, 0.15) is 11.9 Å². The van der Waals surface area contributed by atoms with Crippen molar-refractivity contribution in [1.29, 1.82) is 0 Å². The summed E-state index contributed by atoms with van der Waals surface area (Å²) < 4.78 is 11.5. The van der Waals surface area contributed by atoms with Gasteiger partial charge in [-0.2, -0.15) is 0 Å². The zero-order valence-electron chi connectivity index (χ0n) is 15.1. The molecule has 1 aromatic carbocycles. The van der Waals surface area contributed by atoms with Crippen molar-refractivity contribution in [3.8, 4) is 5.75 Å². The van der Waals surface area contributed by atoms with Crippen LogP contribution in [0.25, 0.3) is 0 Å².